The van der Waals surface area contributed by atoms with Crippen molar-refractivity contribution < 1.29 is 14.3 Å². The van der Waals surface area contributed by atoms with E-state index in [2.05, 4.69) is 10.3 Å². The molecule has 1 amide bonds. The van der Waals surface area contributed by atoms with Crippen molar-refractivity contribution in [3.05, 3.63) is 120 Å². The second-order valence-corrected chi connectivity index (χ2v) is 9.86. The molecular weight excluding hydrogens is 528 g/mol. The molecule has 5 rings (SSSR count). The van der Waals surface area contributed by atoms with Crippen molar-refractivity contribution in [2.24, 2.45) is 5.73 Å². The molecule has 0 radical (unpaired) electrons. The van der Waals surface area contributed by atoms with E-state index in [4.69, 9.17) is 25.6 Å². The third-order valence-electron chi connectivity index (χ3n) is 6.83. The topological polar surface area (TPSA) is 129 Å². The molecule has 0 unspecified atom stereocenters. The Hall–Kier alpha value is -5.15. The van der Waals surface area contributed by atoms with Gasteiger partial charge in [0.2, 0.25) is 0 Å². The largest absolute Gasteiger partial charge is 0.419 e. The fourth-order valence-electron chi connectivity index (χ4n) is 4.56. The molecule has 5 aromatic rings. The number of hydrogen-bond donors (Lipinski definition) is 4. The summed E-state index contributed by atoms with van der Waals surface area (Å²) in [6.45, 7) is 3.86. The van der Waals surface area contributed by atoms with Gasteiger partial charge < -0.3 is 25.5 Å². The summed E-state index contributed by atoms with van der Waals surface area (Å²) in [6.07, 6.45) is 0.195. The van der Waals surface area contributed by atoms with E-state index in [1.54, 1.807) is 23.1 Å². The summed E-state index contributed by atoms with van der Waals surface area (Å²) in [5.74, 6) is 1.23. The number of aromatic nitrogens is 2. The molecule has 0 atom stereocenters. The predicted octanol–water partition coefficient (Wildman–Crippen LogP) is 6.38. The summed E-state index contributed by atoms with van der Waals surface area (Å²) in [4.78, 5) is 23.1. The van der Waals surface area contributed by atoms with Crippen LogP contribution in [0.15, 0.2) is 97.1 Å². The Morgan fingerprint density at radius 3 is 2.40 bits per heavy atom. The number of nitrogens with one attached hydrogen (secondary N) is 3. The minimum Gasteiger partial charge on any atom is -0.410 e. The highest BCUT2D eigenvalue weighted by Crippen LogP contribution is 2.27. The lowest BCUT2D eigenvalue weighted by Crippen LogP contribution is -2.35. The van der Waals surface area contributed by atoms with E-state index in [9.17, 15) is 4.79 Å². The van der Waals surface area contributed by atoms with Crippen LogP contribution in [-0.4, -0.2) is 35.0 Å². The molecule has 42 heavy (non-hydrogen) atoms. The van der Waals surface area contributed by atoms with Crippen LogP contribution < -0.4 is 20.7 Å². The molecule has 1 aromatic heterocycles. The van der Waals surface area contributed by atoms with Crippen LogP contribution in [0.5, 0.6) is 5.75 Å². The number of hydrogen-bond acceptors (Lipinski definition) is 6. The first kappa shape index (κ1) is 28.4. The van der Waals surface area contributed by atoms with Crippen molar-refractivity contribution in [3.8, 4) is 5.75 Å². The van der Waals surface area contributed by atoms with Gasteiger partial charge in [0, 0.05) is 35.7 Å². The monoisotopic (exact) mass is 562 g/mol. The van der Waals surface area contributed by atoms with E-state index in [0.29, 0.717) is 44.0 Å². The third kappa shape index (κ3) is 7.13. The number of ether oxygens (including phenoxy) is 2. The van der Waals surface area contributed by atoms with E-state index in [0.717, 1.165) is 39.4 Å². The van der Waals surface area contributed by atoms with Gasteiger partial charge >= 0.3 is 6.09 Å². The molecule has 4 aromatic carbocycles. The lowest BCUT2D eigenvalue weighted by Gasteiger charge is -2.22. The van der Waals surface area contributed by atoms with Gasteiger partial charge in [-0.15, -0.1) is 0 Å². The van der Waals surface area contributed by atoms with Crippen molar-refractivity contribution in [3.63, 3.8) is 0 Å². The molecule has 9 heteroatoms. The first-order valence-corrected chi connectivity index (χ1v) is 13.8. The van der Waals surface area contributed by atoms with Crippen LogP contribution in [0.3, 0.4) is 0 Å². The summed E-state index contributed by atoms with van der Waals surface area (Å²) >= 11 is 0. The fourth-order valence-corrected chi connectivity index (χ4v) is 4.56. The zero-order chi connectivity index (χ0) is 29.3. The quantitative estimate of drug-likeness (QED) is 0.0793. The second kappa shape index (κ2) is 13.5. The number of nitrogen functional groups attached to an aromatic ring is 1. The molecule has 9 nitrogen and oxygen atoms in total. The van der Waals surface area contributed by atoms with Gasteiger partial charge in [0.1, 0.15) is 17.4 Å². The Balaban J connectivity index is 1.23. The number of anilines is 2. The molecule has 0 bridgehead atoms. The molecule has 1 heterocycles. The molecule has 0 spiro atoms. The van der Waals surface area contributed by atoms with Crippen LogP contribution in [-0.2, 0) is 17.9 Å². The lowest BCUT2D eigenvalue weighted by atomic mass is 10.2. The third-order valence-corrected chi connectivity index (χ3v) is 6.83. The molecular formula is C33H34N6O3. The zero-order valence-corrected chi connectivity index (χ0v) is 23.5. The molecule has 0 saturated heterocycles. The van der Waals surface area contributed by atoms with Crippen molar-refractivity contribution in [2.45, 2.75) is 26.5 Å². The number of nitrogens with zero attached hydrogens (tertiary/aromatic N) is 2. The summed E-state index contributed by atoms with van der Waals surface area (Å²) in [5, 5.41) is 10.8. The average Bonchev–Trinajstić information content (AvgIpc) is 3.44. The summed E-state index contributed by atoms with van der Waals surface area (Å²) in [6, 6.07) is 30.5. The zero-order valence-electron chi connectivity index (χ0n) is 23.5. The van der Waals surface area contributed by atoms with Crippen molar-refractivity contribution >= 4 is 34.3 Å². The maximum Gasteiger partial charge on any atom is 0.419 e. The predicted molar refractivity (Wildman–Crippen MR) is 166 cm³/mol. The number of rotatable bonds is 12. The Morgan fingerprint density at radius 1 is 0.976 bits per heavy atom. The highest BCUT2D eigenvalue weighted by atomic mass is 16.6. The molecule has 0 aliphatic rings. The number of aromatic amines is 1. The minimum absolute atomic E-state index is 0.0329. The number of imidazole rings is 1. The highest BCUT2D eigenvalue weighted by Gasteiger charge is 2.20. The number of nitrogens with two attached hydrogens (primary N) is 1. The summed E-state index contributed by atoms with van der Waals surface area (Å²) in [5.41, 5.74) is 11.3. The van der Waals surface area contributed by atoms with Crippen LogP contribution in [0.4, 0.5) is 16.2 Å². The van der Waals surface area contributed by atoms with Gasteiger partial charge in [-0.25, -0.2) is 9.78 Å². The van der Waals surface area contributed by atoms with Gasteiger partial charge in [-0.2, -0.15) is 0 Å². The van der Waals surface area contributed by atoms with Crippen LogP contribution in [0.1, 0.15) is 28.9 Å². The minimum atomic E-state index is -0.460. The summed E-state index contributed by atoms with van der Waals surface area (Å²) < 4.78 is 11.7. The molecule has 214 valence electrons. The van der Waals surface area contributed by atoms with Gasteiger partial charge in [-0.05, 0) is 67.4 Å². The van der Waals surface area contributed by atoms with Gasteiger partial charge in [-0.3, -0.25) is 10.3 Å². The SMILES string of the molecule is Cc1c(OC(=O)N(CCCOCc2ccccc2)c2ccccc2)ccc2[nH]c(CNc3ccc(C(=N)N)cc3)nc12. The molecule has 0 aliphatic carbocycles. The smallest absolute Gasteiger partial charge is 0.410 e. The first-order valence-electron chi connectivity index (χ1n) is 13.8. The Bertz CT molecular complexity index is 1640. The van der Waals surface area contributed by atoms with Gasteiger partial charge in [0.05, 0.1) is 24.2 Å². The van der Waals surface area contributed by atoms with E-state index in [1.165, 1.54) is 0 Å². The van der Waals surface area contributed by atoms with Crippen LogP contribution in [0.25, 0.3) is 11.0 Å². The number of amides is 1. The van der Waals surface area contributed by atoms with E-state index in [1.807, 2.05) is 85.8 Å². The van der Waals surface area contributed by atoms with Gasteiger partial charge in [0.25, 0.3) is 0 Å². The second-order valence-electron chi connectivity index (χ2n) is 9.86. The van der Waals surface area contributed by atoms with Crippen molar-refractivity contribution in [1.29, 1.82) is 5.41 Å². The first-order chi connectivity index (χ1) is 20.5. The number of benzene rings is 4. The Morgan fingerprint density at radius 2 is 1.69 bits per heavy atom. The van der Waals surface area contributed by atoms with E-state index >= 15 is 0 Å². The van der Waals surface area contributed by atoms with Crippen LogP contribution in [0.2, 0.25) is 0 Å². The number of H-pyrrole nitrogens is 1. The maximum atomic E-state index is 13.4. The van der Waals surface area contributed by atoms with Gasteiger partial charge in [0.15, 0.2) is 0 Å². The summed E-state index contributed by atoms with van der Waals surface area (Å²) in [7, 11) is 0. The average molecular weight is 563 g/mol. The number of carbonyl (C=O) groups is 1. The normalized spacial score (nSPS) is 10.9. The molecule has 5 N–H and O–H groups in total. The Kier molecular flexibility index (Phi) is 9.10. The molecule has 0 aliphatic heterocycles. The fraction of sp³-hybridized carbons (Fsp3) is 0.182. The highest BCUT2D eigenvalue weighted by molar-refractivity contribution is 5.95. The van der Waals surface area contributed by atoms with Crippen LogP contribution in [0, 0.1) is 12.3 Å². The Labute approximate surface area is 244 Å². The molecule has 0 saturated carbocycles. The van der Waals surface area contributed by atoms with E-state index < -0.39 is 6.09 Å². The van der Waals surface area contributed by atoms with Crippen molar-refractivity contribution in [2.75, 3.05) is 23.4 Å². The van der Waals surface area contributed by atoms with Gasteiger partial charge in [-0.1, -0.05) is 48.5 Å². The number of fused-ring (bicyclic) bond motifs is 1. The van der Waals surface area contributed by atoms with E-state index in [-0.39, 0.29) is 5.84 Å². The number of carbonyl (C=O) groups excluding carboxylic acids is 1. The lowest BCUT2D eigenvalue weighted by molar-refractivity contribution is 0.119. The number of amidine groups is 1. The van der Waals surface area contributed by atoms with Crippen molar-refractivity contribution in [1.82, 2.24) is 9.97 Å². The number of aryl methyl sites for hydroxylation is 1. The number of para-hydroxylation sites is 1. The standard InChI is InChI=1S/C33H34N6O3/c1-23-29(18-17-28-31(23)38-30(37-28)21-36-26-15-13-25(14-16-26)32(34)35)42-33(40)39(27-11-6-3-7-12-27)19-8-20-41-22-24-9-4-2-5-10-24/h2-7,9-18,36H,8,19-22H2,1H3,(H3,34,35)(H,37,38). The maximum absolute atomic E-state index is 13.4. The molecule has 0 fully saturated rings. The van der Waals surface area contributed by atoms with Crippen LogP contribution >= 0.6 is 0 Å².